The van der Waals surface area contributed by atoms with E-state index in [1.807, 2.05) is 6.20 Å². The standard InChI is InChI=1S/C11H12ClNS/c1-2-8-3-4-9(13-7-8)10-5-6-11(12)14-10/h3-4,6-7,10H,2,5H2,1H3. The molecule has 74 valence electrons. The SMILES string of the molecule is CCc1ccc(C2CC=C(Cl)S2)nc1. The molecule has 0 saturated heterocycles. The summed E-state index contributed by atoms with van der Waals surface area (Å²) in [5, 5.41) is 0.424. The van der Waals surface area contributed by atoms with E-state index in [9.17, 15) is 0 Å². The second kappa shape index (κ2) is 4.37. The number of thioether (sulfide) groups is 1. The van der Waals surface area contributed by atoms with E-state index in [0.717, 1.165) is 22.9 Å². The van der Waals surface area contributed by atoms with Gasteiger partial charge in [-0.3, -0.25) is 4.98 Å². The Labute approximate surface area is 93.6 Å². The molecule has 0 fully saturated rings. The first-order valence-electron chi connectivity index (χ1n) is 4.76. The van der Waals surface area contributed by atoms with Crippen molar-refractivity contribution in [3.63, 3.8) is 0 Å². The molecular formula is C11H12ClNS. The molecule has 0 amide bonds. The Morgan fingerprint density at radius 3 is 2.93 bits per heavy atom. The lowest BCUT2D eigenvalue weighted by Gasteiger charge is -2.08. The fourth-order valence-corrected chi connectivity index (χ4v) is 2.78. The smallest absolute Gasteiger partial charge is 0.0702 e. The summed E-state index contributed by atoms with van der Waals surface area (Å²) >= 11 is 7.61. The molecule has 1 unspecified atom stereocenters. The van der Waals surface area contributed by atoms with Crippen molar-refractivity contribution in [3.8, 4) is 0 Å². The Balaban J connectivity index is 2.11. The summed E-state index contributed by atoms with van der Waals surface area (Å²) in [7, 11) is 0. The number of hydrogen-bond donors (Lipinski definition) is 0. The highest BCUT2D eigenvalue weighted by Gasteiger charge is 2.19. The molecule has 1 nitrogen and oxygen atoms in total. The van der Waals surface area contributed by atoms with E-state index in [2.05, 4.69) is 30.1 Å². The van der Waals surface area contributed by atoms with Gasteiger partial charge in [0.2, 0.25) is 0 Å². The van der Waals surface area contributed by atoms with Crippen LogP contribution >= 0.6 is 23.4 Å². The lowest BCUT2D eigenvalue weighted by atomic mass is 10.1. The maximum atomic E-state index is 5.91. The first-order valence-corrected chi connectivity index (χ1v) is 6.02. The number of allylic oxidation sites excluding steroid dienone is 1. The van der Waals surface area contributed by atoms with E-state index in [-0.39, 0.29) is 0 Å². The minimum atomic E-state index is 0.424. The molecule has 0 aliphatic carbocycles. The first kappa shape index (κ1) is 10.1. The van der Waals surface area contributed by atoms with Gasteiger partial charge in [0.1, 0.15) is 0 Å². The van der Waals surface area contributed by atoms with Gasteiger partial charge in [0.15, 0.2) is 0 Å². The van der Waals surface area contributed by atoms with Crippen LogP contribution < -0.4 is 0 Å². The van der Waals surface area contributed by atoms with Crippen LogP contribution in [-0.2, 0) is 6.42 Å². The lowest BCUT2D eigenvalue weighted by Crippen LogP contribution is -1.94. The predicted octanol–water partition coefficient (Wildman–Crippen LogP) is 3.90. The largest absolute Gasteiger partial charge is 0.260 e. The van der Waals surface area contributed by atoms with Crippen molar-refractivity contribution in [2.75, 3.05) is 0 Å². The van der Waals surface area contributed by atoms with Crippen molar-refractivity contribution in [2.45, 2.75) is 25.0 Å². The number of halogens is 1. The van der Waals surface area contributed by atoms with Crippen molar-refractivity contribution >= 4 is 23.4 Å². The Bertz CT molecular complexity index is 345. The third-order valence-corrected chi connectivity index (χ3v) is 3.86. The Hall–Kier alpha value is -0.470. The average Bonchev–Trinajstić information content (AvgIpc) is 2.65. The number of hydrogen-bond acceptors (Lipinski definition) is 2. The van der Waals surface area contributed by atoms with Crippen LogP contribution in [0, 0.1) is 0 Å². The van der Waals surface area contributed by atoms with Crippen LogP contribution in [0.25, 0.3) is 0 Å². The summed E-state index contributed by atoms with van der Waals surface area (Å²) < 4.78 is 0.899. The van der Waals surface area contributed by atoms with Crippen LogP contribution in [-0.4, -0.2) is 4.98 Å². The van der Waals surface area contributed by atoms with Gasteiger partial charge in [0.05, 0.1) is 15.3 Å². The zero-order valence-electron chi connectivity index (χ0n) is 8.03. The molecule has 0 bridgehead atoms. The number of nitrogens with zero attached hydrogens (tertiary/aromatic N) is 1. The zero-order chi connectivity index (χ0) is 9.97. The van der Waals surface area contributed by atoms with Crippen LogP contribution in [0.2, 0.25) is 0 Å². The van der Waals surface area contributed by atoms with Gasteiger partial charge in [-0.15, -0.1) is 11.8 Å². The van der Waals surface area contributed by atoms with E-state index in [0.29, 0.717) is 5.25 Å². The van der Waals surface area contributed by atoms with Gasteiger partial charge in [0, 0.05) is 6.20 Å². The van der Waals surface area contributed by atoms with Crippen LogP contribution in [0.5, 0.6) is 0 Å². The Morgan fingerprint density at radius 1 is 1.57 bits per heavy atom. The van der Waals surface area contributed by atoms with Gasteiger partial charge in [-0.1, -0.05) is 30.7 Å². The molecule has 1 aromatic heterocycles. The highest BCUT2D eigenvalue weighted by Crippen LogP contribution is 2.44. The molecule has 1 aliphatic rings. The molecule has 1 aromatic rings. The van der Waals surface area contributed by atoms with Crippen molar-refractivity contribution in [1.82, 2.24) is 4.98 Å². The molecule has 2 rings (SSSR count). The van der Waals surface area contributed by atoms with E-state index >= 15 is 0 Å². The van der Waals surface area contributed by atoms with Gasteiger partial charge in [0.25, 0.3) is 0 Å². The topological polar surface area (TPSA) is 12.9 Å². The molecule has 0 N–H and O–H groups in total. The molecule has 0 radical (unpaired) electrons. The van der Waals surface area contributed by atoms with Crippen LogP contribution in [0.3, 0.4) is 0 Å². The van der Waals surface area contributed by atoms with E-state index in [1.54, 1.807) is 11.8 Å². The van der Waals surface area contributed by atoms with Crippen molar-refractivity contribution < 1.29 is 0 Å². The van der Waals surface area contributed by atoms with Gasteiger partial charge in [-0.2, -0.15) is 0 Å². The Kier molecular flexibility index (Phi) is 3.14. The number of aryl methyl sites for hydroxylation is 1. The molecule has 0 spiro atoms. The lowest BCUT2D eigenvalue weighted by molar-refractivity contribution is 0.923. The third-order valence-electron chi connectivity index (χ3n) is 2.33. The summed E-state index contributed by atoms with van der Waals surface area (Å²) in [6.45, 7) is 2.14. The van der Waals surface area contributed by atoms with Gasteiger partial charge < -0.3 is 0 Å². The second-order valence-corrected chi connectivity index (χ2v) is 5.17. The van der Waals surface area contributed by atoms with Crippen LogP contribution in [0.15, 0.2) is 28.8 Å². The van der Waals surface area contributed by atoms with Gasteiger partial charge >= 0.3 is 0 Å². The van der Waals surface area contributed by atoms with Crippen molar-refractivity contribution in [2.24, 2.45) is 0 Å². The maximum absolute atomic E-state index is 5.91. The van der Waals surface area contributed by atoms with Crippen molar-refractivity contribution in [3.05, 3.63) is 40.0 Å². The van der Waals surface area contributed by atoms with E-state index in [4.69, 9.17) is 11.6 Å². The van der Waals surface area contributed by atoms with Gasteiger partial charge in [-0.25, -0.2) is 0 Å². The van der Waals surface area contributed by atoms with Crippen LogP contribution in [0.4, 0.5) is 0 Å². The molecule has 1 aliphatic heterocycles. The summed E-state index contributed by atoms with van der Waals surface area (Å²) in [6.07, 6.45) is 6.07. The highest BCUT2D eigenvalue weighted by molar-refractivity contribution is 8.05. The average molecular weight is 226 g/mol. The summed E-state index contributed by atoms with van der Waals surface area (Å²) in [5.74, 6) is 0. The van der Waals surface area contributed by atoms with Crippen molar-refractivity contribution in [1.29, 1.82) is 0 Å². The van der Waals surface area contributed by atoms with E-state index < -0.39 is 0 Å². The quantitative estimate of drug-likeness (QED) is 0.757. The summed E-state index contributed by atoms with van der Waals surface area (Å²) in [6, 6.07) is 4.26. The summed E-state index contributed by atoms with van der Waals surface area (Å²) in [5.41, 5.74) is 2.43. The van der Waals surface area contributed by atoms with Gasteiger partial charge in [-0.05, 0) is 24.5 Å². The number of aromatic nitrogens is 1. The molecule has 2 heterocycles. The molecular weight excluding hydrogens is 214 g/mol. The fourth-order valence-electron chi connectivity index (χ4n) is 1.45. The van der Waals surface area contributed by atoms with Crippen LogP contribution in [0.1, 0.15) is 29.9 Å². The maximum Gasteiger partial charge on any atom is 0.0702 e. The predicted molar refractivity (Wildman–Crippen MR) is 62.5 cm³/mol. The second-order valence-electron chi connectivity index (χ2n) is 3.30. The third kappa shape index (κ3) is 2.12. The zero-order valence-corrected chi connectivity index (χ0v) is 9.61. The Morgan fingerprint density at radius 2 is 2.43 bits per heavy atom. The minimum absolute atomic E-state index is 0.424. The molecule has 14 heavy (non-hydrogen) atoms. The highest BCUT2D eigenvalue weighted by atomic mass is 35.5. The molecule has 0 aromatic carbocycles. The normalized spacial score (nSPS) is 21.0. The summed E-state index contributed by atoms with van der Waals surface area (Å²) in [4.78, 5) is 4.45. The molecule has 3 heteroatoms. The molecule has 1 atom stereocenters. The number of rotatable bonds is 2. The minimum Gasteiger partial charge on any atom is -0.260 e. The first-order chi connectivity index (χ1) is 6.79. The number of pyridine rings is 1. The van der Waals surface area contributed by atoms with E-state index in [1.165, 1.54) is 5.56 Å². The monoisotopic (exact) mass is 225 g/mol. The fraction of sp³-hybridized carbons (Fsp3) is 0.364. The molecule has 0 saturated carbocycles.